The molecular formula is C20H17Cl2N3O. The second-order valence-electron chi connectivity index (χ2n) is 6.69. The van der Waals surface area contributed by atoms with E-state index in [1.807, 2.05) is 42.5 Å². The zero-order valence-corrected chi connectivity index (χ0v) is 15.5. The number of rotatable bonds is 2. The third-order valence-corrected chi connectivity index (χ3v) is 5.83. The van der Waals surface area contributed by atoms with Crippen LogP contribution in [0.25, 0.3) is 11.4 Å². The predicted molar refractivity (Wildman–Crippen MR) is 103 cm³/mol. The van der Waals surface area contributed by atoms with Gasteiger partial charge in [-0.25, -0.2) is 4.98 Å². The third-order valence-electron chi connectivity index (χ3n) is 5.17. The summed E-state index contributed by atoms with van der Waals surface area (Å²) in [5.74, 6) is 1.73. The standard InChI is InChI=1S/C20H17Cl2N3O/c21-13-5-2-1-4-12(13)20-23-15-8-9-25(10-16(15)24-20)17-11-26-18-7-3-6-14(22)19(17)18/h1-7,17H,8-11H2,(H,23,24). The van der Waals surface area contributed by atoms with Gasteiger partial charge in [-0.15, -0.1) is 0 Å². The Hall–Kier alpha value is -2.01. The minimum absolute atomic E-state index is 0.180. The van der Waals surface area contributed by atoms with Crippen LogP contribution >= 0.6 is 23.2 Å². The number of imidazole rings is 1. The lowest BCUT2D eigenvalue weighted by molar-refractivity contribution is 0.147. The van der Waals surface area contributed by atoms with Crippen LogP contribution in [0.1, 0.15) is 23.0 Å². The fourth-order valence-corrected chi connectivity index (χ4v) is 4.39. The molecule has 2 aromatic carbocycles. The number of fused-ring (bicyclic) bond motifs is 2. The maximum Gasteiger partial charge on any atom is 0.139 e. The smallest absolute Gasteiger partial charge is 0.139 e. The minimum atomic E-state index is 0.180. The van der Waals surface area contributed by atoms with E-state index in [9.17, 15) is 0 Å². The van der Waals surface area contributed by atoms with E-state index in [4.69, 9.17) is 32.9 Å². The van der Waals surface area contributed by atoms with Gasteiger partial charge >= 0.3 is 0 Å². The molecule has 1 atom stereocenters. The second-order valence-corrected chi connectivity index (χ2v) is 7.50. The SMILES string of the molecule is Clc1ccccc1-c1nc2c([nH]1)CN(C1COc3cccc(Cl)c31)CC2. The molecule has 6 heteroatoms. The average Bonchev–Trinajstić information content (AvgIpc) is 3.26. The molecule has 4 nitrogen and oxygen atoms in total. The van der Waals surface area contributed by atoms with Crippen molar-refractivity contribution in [3.05, 3.63) is 69.5 Å². The summed E-state index contributed by atoms with van der Waals surface area (Å²) >= 11 is 12.8. The number of nitrogens with zero attached hydrogens (tertiary/aromatic N) is 2. The first kappa shape index (κ1) is 16.2. The number of halogens is 2. The molecule has 1 N–H and O–H groups in total. The highest BCUT2D eigenvalue weighted by molar-refractivity contribution is 6.33. The average molecular weight is 386 g/mol. The van der Waals surface area contributed by atoms with Gasteiger partial charge < -0.3 is 9.72 Å². The Morgan fingerprint density at radius 3 is 2.81 bits per heavy atom. The van der Waals surface area contributed by atoms with Crippen LogP contribution in [0.3, 0.4) is 0 Å². The Morgan fingerprint density at radius 1 is 1.08 bits per heavy atom. The summed E-state index contributed by atoms with van der Waals surface area (Å²) in [5, 5.41) is 1.48. The first-order valence-corrected chi connectivity index (χ1v) is 9.44. The van der Waals surface area contributed by atoms with E-state index in [0.717, 1.165) is 58.6 Å². The van der Waals surface area contributed by atoms with Crippen molar-refractivity contribution in [2.24, 2.45) is 0 Å². The summed E-state index contributed by atoms with van der Waals surface area (Å²) in [5.41, 5.74) is 4.30. The van der Waals surface area contributed by atoms with Crippen molar-refractivity contribution in [2.75, 3.05) is 13.2 Å². The second kappa shape index (κ2) is 6.31. The molecule has 0 fully saturated rings. The molecule has 1 aromatic heterocycles. The Labute approximate surface area is 161 Å². The highest BCUT2D eigenvalue weighted by Gasteiger charge is 2.34. The molecule has 0 bridgehead atoms. The van der Waals surface area contributed by atoms with Gasteiger partial charge in [0, 0.05) is 35.7 Å². The molecule has 2 aliphatic heterocycles. The van der Waals surface area contributed by atoms with Crippen LogP contribution in [0, 0.1) is 0 Å². The van der Waals surface area contributed by atoms with Gasteiger partial charge in [0.15, 0.2) is 0 Å². The molecular weight excluding hydrogens is 369 g/mol. The Morgan fingerprint density at radius 2 is 1.92 bits per heavy atom. The van der Waals surface area contributed by atoms with Crippen molar-refractivity contribution >= 4 is 23.2 Å². The lowest BCUT2D eigenvalue weighted by Gasteiger charge is -2.31. The van der Waals surface area contributed by atoms with Crippen LogP contribution in [0.2, 0.25) is 10.0 Å². The number of nitrogens with one attached hydrogen (secondary N) is 1. The van der Waals surface area contributed by atoms with Crippen molar-refractivity contribution in [3.8, 4) is 17.1 Å². The zero-order valence-electron chi connectivity index (χ0n) is 14.0. The highest BCUT2D eigenvalue weighted by atomic mass is 35.5. The van der Waals surface area contributed by atoms with E-state index in [1.165, 1.54) is 0 Å². The lowest BCUT2D eigenvalue weighted by Crippen LogP contribution is -2.35. The predicted octanol–water partition coefficient (Wildman–Crippen LogP) is 4.88. The highest BCUT2D eigenvalue weighted by Crippen LogP contribution is 2.42. The zero-order chi connectivity index (χ0) is 17.7. The van der Waals surface area contributed by atoms with Gasteiger partial charge in [0.25, 0.3) is 0 Å². The van der Waals surface area contributed by atoms with Crippen LogP contribution in [-0.4, -0.2) is 28.0 Å². The molecule has 5 rings (SSSR count). The molecule has 0 spiro atoms. The monoisotopic (exact) mass is 385 g/mol. The van der Waals surface area contributed by atoms with Crippen molar-refractivity contribution < 1.29 is 4.74 Å². The third kappa shape index (κ3) is 2.60. The molecule has 2 aliphatic rings. The number of ether oxygens (including phenoxy) is 1. The summed E-state index contributed by atoms with van der Waals surface area (Å²) in [4.78, 5) is 10.7. The number of aromatic amines is 1. The number of hydrogen-bond acceptors (Lipinski definition) is 3. The number of hydrogen-bond donors (Lipinski definition) is 1. The minimum Gasteiger partial charge on any atom is -0.491 e. The molecule has 3 aromatic rings. The van der Waals surface area contributed by atoms with E-state index >= 15 is 0 Å². The van der Waals surface area contributed by atoms with E-state index in [1.54, 1.807) is 0 Å². The van der Waals surface area contributed by atoms with E-state index < -0.39 is 0 Å². The largest absolute Gasteiger partial charge is 0.491 e. The molecule has 0 radical (unpaired) electrons. The molecule has 0 saturated carbocycles. The first-order chi connectivity index (χ1) is 12.7. The Kier molecular flexibility index (Phi) is 3.92. The van der Waals surface area contributed by atoms with Gasteiger partial charge in [0.2, 0.25) is 0 Å². The molecule has 3 heterocycles. The fraction of sp³-hybridized carbons (Fsp3) is 0.250. The maximum absolute atomic E-state index is 6.44. The van der Waals surface area contributed by atoms with Crippen LogP contribution in [0.15, 0.2) is 42.5 Å². The summed E-state index contributed by atoms with van der Waals surface area (Å²) in [7, 11) is 0. The van der Waals surface area contributed by atoms with Gasteiger partial charge in [-0.3, -0.25) is 4.90 Å². The normalized spacial score (nSPS) is 19.1. The van der Waals surface area contributed by atoms with E-state index in [0.29, 0.717) is 11.6 Å². The van der Waals surface area contributed by atoms with E-state index in [-0.39, 0.29) is 6.04 Å². The van der Waals surface area contributed by atoms with Crippen molar-refractivity contribution in [1.29, 1.82) is 0 Å². The molecule has 1 unspecified atom stereocenters. The summed E-state index contributed by atoms with van der Waals surface area (Å²) in [6.45, 7) is 2.36. The summed E-state index contributed by atoms with van der Waals surface area (Å²) in [6.07, 6.45) is 0.895. The molecule has 0 aliphatic carbocycles. The quantitative estimate of drug-likeness (QED) is 0.683. The maximum atomic E-state index is 6.44. The summed E-state index contributed by atoms with van der Waals surface area (Å²) in [6, 6.07) is 13.8. The van der Waals surface area contributed by atoms with Gasteiger partial charge in [0.1, 0.15) is 18.2 Å². The summed E-state index contributed by atoms with van der Waals surface area (Å²) < 4.78 is 5.85. The molecule has 0 amide bonds. The van der Waals surface area contributed by atoms with Crippen LogP contribution in [0.4, 0.5) is 0 Å². The Bertz CT molecular complexity index is 985. The van der Waals surface area contributed by atoms with Crippen molar-refractivity contribution in [3.63, 3.8) is 0 Å². The van der Waals surface area contributed by atoms with Crippen LogP contribution in [0.5, 0.6) is 5.75 Å². The molecule has 26 heavy (non-hydrogen) atoms. The lowest BCUT2D eigenvalue weighted by atomic mass is 10.0. The number of H-pyrrole nitrogens is 1. The molecule has 0 saturated heterocycles. The van der Waals surface area contributed by atoms with Crippen molar-refractivity contribution in [1.82, 2.24) is 14.9 Å². The van der Waals surface area contributed by atoms with Crippen LogP contribution in [-0.2, 0) is 13.0 Å². The van der Waals surface area contributed by atoms with Gasteiger partial charge in [-0.2, -0.15) is 0 Å². The number of benzene rings is 2. The van der Waals surface area contributed by atoms with Crippen molar-refractivity contribution in [2.45, 2.75) is 19.0 Å². The first-order valence-electron chi connectivity index (χ1n) is 8.68. The fourth-order valence-electron chi connectivity index (χ4n) is 3.87. The van der Waals surface area contributed by atoms with E-state index in [2.05, 4.69) is 9.88 Å². The van der Waals surface area contributed by atoms with Gasteiger partial charge in [-0.1, -0.05) is 41.4 Å². The van der Waals surface area contributed by atoms with Crippen LogP contribution < -0.4 is 4.74 Å². The Balaban J connectivity index is 1.45. The molecule has 132 valence electrons. The topological polar surface area (TPSA) is 41.2 Å². The number of aromatic nitrogens is 2. The van der Waals surface area contributed by atoms with Gasteiger partial charge in [0.05, 0.1) is 22.5 Å². The van der Waals surface area contributed by atoms with Gasteiger partial charge in [-0.05, 0) is 24.3 Å².